The van der Waals surface area contributed by atoms with Crippen molar-refractivity contribution in [3.05, 3.63) is 102 Å². The van der Waals surface area contributed by atoms with Gasteiger partial charge in [-0.25, -0.2) is 16.8 Å². The Hall–Kier alpha value is -2.45. The monoisotopic (exact) mass is 474 g/mol. The van der Waals surface area contributed by atoms with Gasteiger partial charge in [-0.2, -0.15) is 0 Å². The SMILES string of the molecule is O=S(=O)(c1ccccc1)C1(S(=O)(=O)c2ccccc2)CC=C(c2ccc(Cl)cc2)C1O. The molecule has 31 heavy (non-hydrogen) atoms. The summed E-state index contributed by atoms with van der Waals surface area (Å²) in [4.78, 5) is -0.335. The molecule has 0 amide bonds. The Morgan fingerprint density at radius 1 is 0.742 bits per heavy atom. The predicted molar refractivity (Wildman–Crippen MR) is 120 cm³/mol. The highest BCUT2D eigenvalue weighted by molar-refractivity contribution is 8.10. The molecule has 4 rings (SSSR count). The summed E-state index contributed by atoms with van der Waals surface area (Å²) in [5.41, 5.74) is 0.737. The maximum Gasteiger partial charge on any atom is 0.215 e. The second-order valence-corrected chi connectivity index (χ2v) is 12.3. The van der Waals surface area contributed by atoms with Gasteiger partial charge in [-0.15, -0.1) is 0 Å². The number of hydrogen-bond donors (Lipinski definition) is 1. The zero-order valence-corrected chi connectivity index (χ0v) is 18.6. The van der Waals surface area contributed by atoms with Crippen LogP contribution in [0.3, 0.4) is 0 Å². The number of aliphatic hydroxyl groups is 1. The van der Waals surface area contributed by atoms with Crippen molar-refractivity contribution in [1.82, 2.24) is 0 Å². The standard InChI is InChI=1S/C23H19ClO5S2/c24-18-13-11-17(12-14-18)21-15-16-23(22(21)25,30(26,27)19-7-3-1-4-8-19)31(28,29)20-9-5-2-6-10-20/h1-15,22,25H,16H2. The third-order valence-electron chi connectivity index (χ3n) is 5.51. The number of sulfone groups is 2. The summed E-state index contributed by atoms with van der Waals surface area (Å²) in [5, 5.41) is 11.8. The third-order valence-corrected chi connectivity index (χ3v) is 11.5. The van der Waals surface area contributed by atoms with E-state index >= 15 is 0 Å². The largest absolute Gasteiger partial charge is 0.386 e. The Bertz CT molecular complexity index is 1260. The summed E-state index contributed by atoms with van der Waals surface area (Å²) in [5.74, 6) is 0. The van der Waals surface area contributed by atoms with E-state index in [1.807, 2.05) is 0 Å². The van der Waals surface area contributed by atoms with Crippen LogP contribution >= 0.6 is 11.6 Å². The summed E-state index contributed by atoms with van der Waals surface area (Å²) in [6, 6.07) is 21.1. The maximum atomic E-state index is 13.8. The van der Waals surface area contributed by atoms with Crippen LogP contribution < -0.4 is 0 Å². The summed E-state index contributed by atoms with van der Waals surface area (Å²) in [6.45, 7) is 0. The Labute approximate surface area is 186 Å². The van der Waals surface area contributed by atoms with Crippen LogP contribution in [-0.4, -0.2) is 32.1 Å². The fourth-order valence-electron chi connectivity index (χ4n) is 3.89. The molecule has 1 N–H and O–H groups in total. The molecule has 5 nitrogen and oxygen atoms in total. The van der Waals surface area contributed by atoms with Crippen LogP contribution in [0.15, 0.2) is 101 Å². The van der Waals surface area contributed by atoms with Gasteiger partial charge in [0.2, 0.25) is 23.8 Å². The molecule has 0 radical (unpaired) electrons. The zero-order valence-electron chi connectivity index (χ0n) is 16.2. The molecule has 160 valence electrons. The second-order valence-electron chi connectivity index (χ2n) is 7.22. The first-order valence-electron chi connectivity index (χ1n) is 9.45. The van der Waals surface area contributed by atoms with Gasteiger partial charge in [0.05, 0.1) is 9.79 Å². The van der Waals surface area contributed by atoms with E-state index in [4.69, 9.17) is 11.6 Å². The lowest BCUT2D eigenvalue weighted by Crippen LogP contribution is -2.53. The van der Waals surface area contributed by atoms with Crippen molar-refractivity contribution in [2.45, 2.75) is 26.4 Å². The van der Waals surface area contributed by atoms with E-state index < -0.39 is 29.9 Å². The van der Waals surface area contributed by atoms with Gasteiger partial charge in [0, 0.05) is 11.4 Å². The highest BCUT2D eigenvalue weighted by Gasteiger charge is 2.63. The first kappa shape index (κ1) is 21.8. The molecular formula is C23H19ClO5S2. The quantitative estimate of drug-likeness (QED) is 0.600. The van der Waals surface area contributed by atoms with Gasteiger partial charge in [0.1, 0.15) is 6.10 Å². The first-order chi connectivity index (χ1) is 14.7. The van der Waals surface area contributed by atoms with E-state index in [1.54, 1.807) is 36.4 Å². The Balaban J connectivity index is 1.95. The van der Waals surface area contributed by atoms with Crippen LogP contribution in [0.1, 0.15) is 12.0 Å². The van der Waals surface area contributed by atoms with Crippen LogP contribution in [0.5, 0.6) is 0 Å². The molecule has 0 saturated carbocycles. The molecule has 0 spiro atoms. The van der Waals surface area contributed by atoms with Gasteiger partial charge in [0.25, 0.3) is 0 Å². The molecule has 0 heterocycles. The normalized spacial score (nSPS) is 18.5. The van der Waals surface area contributed by atoms with Gasteiger partial charge in [-0.1, -0.05) is 66.2 Å². The van der Waals surface area contributed by atoms with Gasteiger partial charge in [0.15, 0.2) is 0 Å². The molecule has 0 fully saturated rings. The van der Waals surface area contributed by atoms with Gasteiger partial charge in [-0.05, 0) is 47.5 Å². The van der Waals surface area contributed by atoms with Crippen molar-refractivity contribution in [3.8, 4) is 0 Å². The Morgan fingerprint density at radius 3 is 1.65 bits per heavy atom. The highest BCUT2D eigenvalue weighted by Crippen LogP contribution is 2.49. The summed E-state index contributed by atoms with van der Waals surface area (Å²) < 4.78 is 52.8. The number of allylic oxidation sites excluding steroid dienone is 1. The van der Waals surface area contributed by atoms with E-state index in [-0.39, 0.29) is 21.8 Å². The molecule has 0 saturated heterocycles. The summed E-state index contributed by atoms with van der Waals surface area (Å²) >= 11 is 5.94. The minimum absolute atomic E-state index is 0.167. The molecule has 8 heteroatoms. The van der Waals surface area contributed by atoms with Crippen LogP contribution in [0.25, 0.3) is 5.57 Å². The number of aliphatic hydroxyl groups excluding tert-OH is 1. The summed E-state index contributed by atoms with van der Waals surface area (Å²) in [7, 11) is -9.04. The van der Waals surface area contributed by atoms with Crippen molar-refractivity contribution in [2.75, 3.05) is 0 Å². The minimum Gasteiger partial charge on any atom is -0.386 e. The van der Waals surface area contributed by atoms with Gasteiger partial charge < -0.3 is 5.11 Å². The van der Waals surface area contributed by atoms with E-state index in [0.717, 1.165) is 0 Å². The lowest BCUT2D eigenvalue weighted by Gasteiger charge is -2.33. The molecule has 1 atom stereocenters. The molecule has 3 aromatic carbocycles. The average Bonchev–Trinajstić information content (AvgIpc) is 3.14. The lowest BCUT2D eigenvalue weighted by molar-refractivity contribution is 0.217. The molecular weight excluding hydrogens is 456 g/mol. The van der Waals surface area contributed by atoms with Crippen LogP contribution in [0.2, 0.25) is 5.02 Å². The van der Waals surface area contributed by atoms with Crippen LogP contribution in [0, 0.1) is 0 Å². The van der Waals surface area contributed by atoms with E-state index in [0.29, 0.717) is 10.6 Å². The second kappa shape index (κ2) is 7.91. The van der Waals surface area contributed by atoms with Crippen molar-refractivity contribution in [3.63, 3.8) is 0 Å². The van der Waals surface area contributed by atoms with Gasteiger partial charge in [-0.3, -0.25) is 0 Å². The van der Waals surface area contributed by atoms with Crippen molar-refractivity contribution < 1.29 is 21.9 Å². The molecule has 0 aliphatic heterocycles. The molecule has 1 aliphatic rings. The van der Waals surface area contributed by atoms with E-state index in [9.17, 15) is 21.9 Å². The number of benzene rings is 3. The highest BCUT2D eigenvalue weighted by atomic mass is 35.5. The number of rotatable bonds is 5. The fraction of sp³-hybridized carbons (Fsp3) is 0.130. The Kier molecular flexibility index (Phi) is 5.55. The van der Waals surface area contributed by atoms with Crippen LogP contribution in [0.4, 0.5) is 0 Å². The minimum atomic E-state index is -4.52. The van der Waals surface area contributed by atoms with E-state index in [2.05, 4.69) is 0 Å². The first-order valence-corrected chi connectivity index (χ1v) is 12.8. The van der Waals surface area contributed by atoms with Crippen LogP contribution in [-0.2, 0) is 19.7 Å². The molecule has 1 aliphatic carbocycles. The molecule has 1 unspecified atom stereocenters. The lowest BCUT2D eigenvalue weighted by atomic mass is 10.0. The average molecular weight is 475 g/mol. The van der Waals surface area contributed by atoms with Crippen molar-refractivity contribution >= 4 is 36.8 Å². The fourth-order valence-corrected chi connectivity index (χ4v) is 9.02. The molecule has 0 bridgehead atoms. The van der Waals surface area contributed by atoms with Gasteiger partial charge >= 0.3 is 0 Å². The smallest absolute Gasteiger partial charge is 0.215 e. The number of hydrogen-bond acceptors (Lipinski definition) is 5. The topological polar surface area (TPSA) is 88.5 Å². The Morgan fingerprint density at radius 2 is 1.19 bits per heavy atom. The van der Waals surface area contributed by atoms with Crippen molar-refractivity contribution in [2.24, 2.45) is 0 Å². The summed E-state index contributed by atoms with van der Waals surface area (Å²) in [6.07, 6.45) is -0.709. The molecule has 3 aromatic rings. The third kappa shape index (κ3) is 3.32. The van der Waals surface area contributed by atoms with Crippen molar-refractivity contribution in [1.29, 1.82) is 0 Å². The number of halogens is 1. The molecule has 0 aromatic heterocycles. The van der Waals surface area contributed by atoms with E-state index in [1.165, 1.54) is 54.6 Å². The zero-order chi connectivity index (χ0) is 22.3. The maximum absolute atomic E-state index is 13.8. The predicted octanol–water partition coefficient (Wildman–Crippen LogP) is 4.13.